The van der Waals surface area contributed by atoms with Crippen LogP contribution in [0.15, 0.2) is 30.9 Å². The number of hydrogen-bond acceptors (Lipinski definition) is 6. The zero-order chi connectivity index (χ0) is 24.4. The van der Waals surface area contributed by atoms with E-state index in [1.807, 2.05) is 18.5 Å². The Morgan fingerprint density at radius 3 is 2.61 bits per heavy atom. The largest absolute Gasteiger partial charge is 0.493 e. The zero-order valence-corrected chi connectivity index (χ0v) is 21.3. The molecule has 188 valence electrons. The second-order valence-corrected chi connectivity index (χ2v) is 11.5. The third-order valence-corrected chi connectivity index (χ3v) is 8.70. The van der Waals surface area contributed by atoms with Crippen molar-refractivity contribution in [1.82, 2.24) is 29.5 Å². The van der Waals surface area contributed by atoms with Gasteiger partial charge in [-0.05, 0) is 49.3 Å². The van der Waals surface area contributed by atoms with Gasteiger partial charge in [0.25, 0.3) is 0 Å². The van der Waals surface area contributed by atoms with E-state index in [4.69, 9.17) is 14.5 Å². The van der Waals surface area contributed by atoms with Crippen molar-refractivity contribution in [3.8, 4) is 17.0 Å². The van der Waals surface area contributed by atoms with Gasteiger partial charge in [-0.15, -0.1) is 0 Å². The first kappa shape index (κ1) is 22.2. The van der Waals surface area contributed by atoms with Gasteiger partial charge in [0.05, 0.1) is 37.7 Å². The van der Waals surface area contributed by atoms with E-state index >= 15 is 0 Å². The molecule has 2 aliphatic heterocycles. The smallest absolute Gasteiger partial charge is 0.197 e. The van der Waals surface area contributed by atoms with Gasteiger partial charge in [-0.25, -0.2) is 9.50 Å². The van der Waals surface area contributed by atoms with E-state index in [-0.39, 0.29) is 0 Å². The van der Waals surface area contributed by atoms with E-state index in [1.54, 1.807) is 18.0 Å². The fourth-order valence-corrected chi connectivity index (χ4v) is 6.75. The molecule has 0 radical (unpaired) electrons. The highest BCUT2D eigenvalue weighted by Crippen LogP contribution is 2.44. The minimum absolute atomic E-state index is 0.353. The fraction of sp³-hybridized carbons (Fsp3) is 0.536. The number of pyridine rings is 2. The van der Waals surface area contributed by atoms with Gasteiger partial charge in [0, 0.05) is 53.3 Å². The van der Waals surface area contributed by atoms with E-state index < -0.39 is 0 Å². The van der Waals surface area contributed by atoms with Crippen molar-refractivity contribution in [2.24, 2.45) is 5.41 Å². The normalized spacial score (nSPS) is 23.9. The van der Waals surface area contributed by atoms with Crippen molar-refractivity contribution in [3.63, 3.8) is 0 Å². The van der Waals surface area contributed by atoms with Crippen LogP contribution in [0.25, 0.3) is 27.8 Å². The molecule has 36 heavy (non-hydrogen) atoms. The van der Waals surface area contributed by atoms with Gasteiger partial charge in [0.2, 0.25) is 0 Å². The van der Waals surface area contributed by atoms with Gasteiger partial charge >= 0.3 is 0 Å². The Balaban J connectivity index is 1.17. The Hall–Kier alpha value is -2.97. The summed E-state index contributed by atoms with van der Waals surface area (Å²) in [7, 11) is 1.68. The average molecular weight is 487 g/mol. The molecule has 2 saturated heterocycles. The fourth-order valence-electron chi connectivity index (χ4n) is 6.75. The monoisotopic (exact) mass is 486 g/mol. The second kappa shape index (κ2) is 8.28. The van der Waals surface area contributed by atoms with Crippen LogP contribution in [0.2, 0.25) is 0 Å². The van der Waals surface area contributed by atoms with Crippen molar-refractivity contribution < 1.29 is 9.47 Å². The van der Waals surface area contributed by atoms with Crippen LogP contribution in [-0.2, 0) is 4.74 Å². The second-order valence-electron chi connectivity index (χ2n) is 11.5. The summed E-state index contributed by atoms with van der Waals surface area (Å²) in [6.45, 7) is 8.94. The average Bonchev–Trinajstić information content (AvgIpc) is 3.46. The highest BCUT2D eigenvalue weighted by molar-refractivity contribution is 5.91. The van der Waals surface area contributed by atoms with Gasteiger partial charge in [-0.2, -0.15) is 5.10 Å². The molecule has 0 aromatic carbocycles. The lowest BCUT2D eigenvalue weighted by atomic mass is 9.74. The van der Waals surface area contributed by atoms with Crippen LogP contribution < -0.4 is 4.74 Å². The van der Waals surface area contributed by atoms with Gasteiger partial charge in [0.1, 0.15) is 6.33 Å². The number of H-pyrrole nitrogens is 1. The molecule has 8 heteroatoms. The number of nitrogens with one attached hydrogen (secondary N) is 1. The lowest BCUT2D eigenvalue weighted by Crippen LogP contribution is -2.68. The SMILES string of the molecule is COc1cc(-c2[nH]c3cnc(C4CCC(N5CC6(COC6)C5)CC4)cc3c2C(C)C)cn2ncnc12. The maximum Gasteiger partial charge on any atom is 0.197 e. The first-order chi connectivity index (χ1) is 17.5. The Morgan fingerprint density at radius 1 is 1.11 bits per heavy atom. The Bertz CT molecular complexity index is 1420. The molecule has 4 aromatic heterocycles. The quantitative estimate of drug-likeness (QED) is 0.438. The summed E-state index contributed by atoms with van der Waals surface area (Å²) in [5.74, 6) is 1.61. The standard InChI is InChI=1S/C28H34N6O2/c1-17(2)25-21-9-22(18-4-6-20(7-5-18)33-12-28(13-33)14-36-15-28)29-10-23(21)32-26(25)19-8-24(35-3)27-30-16-31-34(27)11-19/h8-11,16-18,20,32H,4-7,12-15H2,1-3H3. The maximum atomic E-state index is 5.62. The van der Waals surface area contributed by atoms with Crippen LogP contribution in [-0.4, -0.2) is 68.9 Å². The third kappa shape index (κ3) is 3.45. The predicted octanol–water partition coefficient (Wildman–Crippen LogP) is 4.76. The first-order valence-electron chi connectivity index (χ1n) is 13.2. The minimum Gasteiger partial charge on any atom is -0.493 e. The molecule has 1 aliphatic carbocycles. The molecule has 3 fully saturated rings. The number of fused-ring (bicyclic) bond motifs is 2. The van der Waals surface area contributed by atoms with Gasteiger partial charge in [-0.1, -0.05) is 13.8 Å². The Kier molecular flexibility index (Phi) is 5.12. The highest BCUT2D eigenvalue weighted by atomic mass is 16.5. The molecule has 0 bridgehead atoms. The van der Waals surface area contributed by atoms with Crippen molar-refractivity contribution in [1.29, 1.82) is 0 Å². The number of aromatic amines is 1. The van der Waals surface area contributed by atoms with Crippen molar-refractivity contribution in [2.75, 3.05) is 33.4 Å². The summed E-state index contributed by atoms with van der Waals surface area (Å²) in [5.41, 5.74) is 7.00. The summed E-state index contributed by atoms with van der Waals surface area (Å²) in [4.78, 5) is 15.6. The molecule has 0 unspecified atom stereocenters. The number of ether oxygens (including phenoxy) is 2. The summed E-state index contributed by atoms with van der Waals surface area (Å²) < 4.78 is 12.9. The molecule has 3 aliphatic rings. The molecule has 1 N–H and O–H groups in total. The molecule has 8 nitrogen and oxygen atoms in total. The van der Waals surface area contributed by atoms with Crippen LogP contribution in [0.5, 0.6) is 5.75 Å². The van der Waals surface area contributed by atoms with E-state index in [2.05, 4.69) is 39.9 Å². The van der Waals surface area contributed by atoms with E-state index in [9.17, 15) is 0 Å². The number of rotatable bonds is 5. The zero-order valence-electron chi connectivity index (χ0n) is 21.3. The summed E-state index contributed by atoms with van der Waals surface area (Å²) >= 11 is 0. The number of likely N-dealkylation sites (tertiary alicyclic amines) is 1. The molecule has 0 atom stereocenters. The summed E-state index contributed by atoms with van der Waals surface area (Å²) in [6, 6.07) is 5.14. The van der Waals surface area contributed by atoms with Gasteiger partial charge < -0.3 is 14.5 Å². The van der Waals surface area contributed by atoms with Crippen LogP contribution >= 0.6 is 0 Å². The van der Waals surface area contributed by atoms with Gasteiger partial charge in [-0.3, -0.25) is 9.88 Å². The maximum absolute atomic E-state index is 5.62. The molecule has 1 saturated carbocycles. The minimum atomic E-state index is 0.353. The van der Waals surface area contributed by atoms with Crippen LogP contribution in [0.4, 0.5) is 0 Å². The molecule has 7 rings (SSSR count). The molecular formula is C28H34N6O2. The Labute approximate surface area is 211 Å². The lowest BCUT2D eigenvalue weighted by molar-refractivity contribution is -0.200. The molecule has 1 spiro atoms. The third-order valence-electron chi connectivity index (χ3n) is 8.70. The summed E-state index contributed by atoms with van der Waals surface area (Å²) in [5, 5.41) is 5.63. The molecular weight excluding hydrogens is 452 g/mol. The number of nitrogens with zero attached hydrogens (tertiary/aromatic N) is 5. The first-order valence-corrected chi connectivity index (χ1v) is 13.2. The van der Waals surface area contributed by atoms with E-state index in [0.29, 0.717) is 23.0 Å². The predicted molar refractivity (Wildman–Crippen MR) is 139 cm³/mol. The van der Waals surface area contributed by atoms with E-state index in [0.717, 1.165) is 41.7 Å². The topological polar surface area (TPSA) is 80.6 Å². The van der Waals surface area contributed by atoms with Crippen molar-refractivity contribution >= 4 is 16.6 Å². The van der Waals surface area contributed by atoms with Crippen LogP contribution in [0, 0.1) is 5.41 Å². The molecule has 0 amide bonds. The van der Waals surface area contributed by atoms with Crippen LogP contribution in [0.3, 0.4) is 0 Å². The van der Waals surface area contributed by atoms with Crippen molar-refractivity contribution in [2.45, 2.75) is 57.4 Å². The number of methoxy groups -OCH3 is 1. The van der Waals surface area contributed by atoms with Crippen molar-refractivity contribution in [3.05, 3.63) is 42.1 Å². The molecule has 4 aromatic rings. The lowest BCUT2D eigenvalue weighted by Gasteiger charge is -2.58. The number of aromatic nitrogens is 5. The molecule has 6 heterocycles. The van der Waals surface area contributed by atoms with Gasteiger partial charge in [0.15, 0.2) is 11.4 Å². The Morgan fingerprint density at radius 2 is 1.92 bits per heavy atom. The summed E-state index contributed by atoms with van der Waals surface area (Å²) in [6.07, 6.45) is 10.6. The van der Waals surface area contributed by atoms with E-state index in [1.165, 1.54) is 55.4 Å². The number of hydrogen-bond donors (Lipinski definition) is 1. The van der Waals surface area contributed by atoms with Crippen LogP contribution in [0.1, 0.15) is 62.6 Å². The highest BCUT2D eigenvalue weighted by Gasteiger charge is 2.50.